The SMILES string of the molecule is CCOC(=O)N1C(C#N)=C[C@@H](c2ccccc2)C[C@H]1OCC. The van der Waals surface area contributed by atoms with E-state index in [1.54, 1.807) is 6.92 Å². The Morgan fingerprint density at radius 1 is 1.32 bits per heavy atom. The van der Waals surface area contributed by atoms with E-state index in [0.29, 0.717) is 13.0 Å². The molecule has 0 spiro atoms. The average molecular weight is 300 g/mol. The van der Waals surface area contributed by atoms with E-state index in [-0.39, 0.29) is 18.2 Å². The highest BCUT2D eigenvalue weighted by Crippen LogP contribution is 2.33. The van der Waals surface area contributed by atoms with Crippen LogP contribution in [-0.4, -0.2) is 30.4 Å². The molecule has 1 aliphatic heterocycles. The van der Waals surface area contributed by atoms with Crippen molar-refractivity contribution in [1.29, 1.82) is 5.26 Å². The van der Waals surface area contributed by atoms with Crippen LogP contribution in [0.4, 0.5) is 4.79 Å². The molecule has 0 aliphatic carbocycles. The van der Waals surface area contributed by atoms with Gasteiger partial charge in [0.25, 0.3) is 0 Å². The molecule has 2 rings (SSSR count). The molecule has 0 aromatic heterocycles. The molecule has 1 aromatic rings. The molecule has 0 bridgehead atoms. The Labute approximate surface area is 130 Å². The summed E-state index contributed by atoms with van der Waals surface area (Å²) in [6, 6.07) is 12.0. The normalized spacial score (nSPS) is 21.0. The fourth-order valence-electron chi connectivity index (χ4n) is 2.58. The van der Waals surface area contributed by atoms with Gasteiger partial charge in [0.05, 0.1) is 6.61 Å². The molecule has 5 heteroatoms. The molecular weight excluding hydrogens is 280 g/mol. The minimum atomic E-state index is -0.541. The van der Waals surface area contributed by atoms with Gasteiger partial charge in [-0.3, -0.25) is 0 Å². The Bertz CT molecular complexity index is 577. The summed E-state index contributed by atoms with van der Waals surface area (Å²) >= 11 is 0. The van der Waals surface area contributed by atoms with Gasteiger partial charge in [-0.05, 0) is 25.5 Å². The summed E-state index contributed by atoms with van der Waals surface area (Å²) in [5, 5.41) is 9.41. The zero-order valence-corrected chi connectivity index (χ0v) is 12.9. The fraction of sp³-hybridized carbons (Fsp3) is 0.412. The molecule has 116 valence electrons. The van der Waals surface area contributed by atoms with Crippen molar-refractivity contribution in [2.75, 3.05) is 13.2 Å². The number of amides is 1. The highest BCUT2D eigenvalue weighted by molar-refractivity contribution is 5.72. The van der Waals surface area contributed by atoms with Crippen molar-refractivity contribution in [1.82, 2.24) is 4.90 Å². The Morgan fingerprint density at radius 3 is 2.64 bits per heavy atom. The molecule has 5 nitrogen and oxygen atoms in total. The summed E-state index contributed by atoms with van der Waals surface area (Å²) in [4.78, 5) is 13.4. The van der Waals surface area contributed by atoms with Crippen LogP contribution >= 0.6 is 0 Å². The van der Waals surface area contributed by atoms with Crippen LogP contribution in [0, 0.1) is 11.3 Å². The number of hydrogen-bond donors (Lipinski definition) is 0. The van der Waals surface area contributed by atoms with Crippen LogP contribution in [-0.2, 0) is 9.47 Å². The van der Waals surface area contributed by atoms with Crippen molar-refractivity contribution in [3.63, 3.8) is 0 Å². The largest absolute Gasteiger partial charge is 0.449 e. The van der Waals surface area contributed by atoms with Crippen LogP contribution in [0.15, 0.2) is 42.1 Å². The number of nitrogens with zero attached hydrogens (tertiary/aromatic N) is 2. The number of ether oxygens (including phenoxy) is 2. The monoisotopic (exact) mass is 300 g/mol. The second-order valence-electron chi connectivity index (χ2n) is 4.90. The van der Waals surface area contributed by atoms with Gasteiger partial charge in [0.2, 0.25) is 0 Å². The van der Waals surface area contributed by atoms with Crippen molar-refractivity contribution in [2.45, 2.75) is 32.4 Å². The number of allylic oxidation sites excluding steroid dienone is 2. The van der Waals surface area contributed by atoms with E-state index in [1.165, 1.54) is 4.90 Å². The summed E-state index contributed by atoms with van der Waals surface area (Å²) in [5.41, 5.74) is 1.38. The molecule has 0 radical (unpaired) electrons. The molecule has 0 unspecified atom stereocenters. The third kappa shape index (κ3) is 3.46. The smallest absolute Gasteiger partial charge is 0.416 e. The molecule has 0 N–H and O–H groups in total. The third-order valence-electron chi connectivity index (χ3n) is 3.53. The zero-order valence-electron chi connectivity index (χ0n) is 12.9. The summed E-state index contributed by atoms with van der Waals surface area (Å²) < 4.78 is 10.7. The van der Waals surface area contributed by atoms with Crippen molar-refractivity contribution in [2.24, 2.45) is 0 Å². The lowest BCUT2D eigenvalue weighted by Gasteiger charge is -2.35. The van der Waals surface area contributed by atoms with Crippen molar-refractivity contribution < 1.29 is 14.3 Å². The van der Waals surface area contributed by atoms with Gasteiger partial charge < -0.3 is 9.47 Å². The standard InChI is InChI=1S/C17H20N2O3/c1-3-21-16-11-14(13-8-6-5-7-9-13)10-15(12-18)19(16)17(20)22-4-2/h5-10,14,16H,3-4,11H2,1-2H3/t14-,16-/m1/s1. The molecule has 1 aromatic carbocycles. The van der Waals surface area contributed by atoms with E-state index >= 15 is 0 Å². The van der Waals surface area contributed by atoms with E-state index in [1.807, 2.05) is 43.3 Å². The van der Waals surface area contributed by atoms with Crippen LogP contribution < -0.4 is 0 Å². The molecule has 1 heterocycles. The zero-order chi connectivity index (χ0) is 15.9. The molecule has 22 heavy (non-hydrogen) atoms. The van der Waals surface area contributed by atoms with Gasteiger partial charge in [0.1, 0.15) is 18.0 Å². The van der Waals surface area contributed by atoms with Crippen LogP contribution in [0.3, 0.4) is 0 Å². The summed E-state index contributed by atoms with van der Waals surface area (Å²) in [5.74, 6) is 0.0399. The molecule has 1 amide bonds. The van der Waals surface area contributed by atoms with Crippen LogP contribution in [0.25, 0.3) is 0 Å². The van der Waals surface area contributed by atoms with Gasteiger partial charge in [0.15, 0.2) is 0 Å². The van der Waals surface area contributed by atoms with Gasteiger partial charge >= 0.3 is 6.09 Å². The number of nitriles is 1. The topological polar surface area (TPSA) is 62.6 Å². The van der Waals surface area contributed by atoms with E-state index in [4.69, 9.17) is 9.47 Å². The number of hydrogen-bond acceptors (Lipinski definition) is 4. The van der Waals surface area contributed by atoms with Crippen molar-refractivity contribution in [3.8, 4) is 6.07 Å². The van der Waals surface area contributed by atoms with E-state index in [9.17, 15) is 10.1 Å². The van der Waals surface area contributed by atoms with Crippen LogP contribution in [0.5, 0.6) is 0 Å². The maximum atomic E-state index is 12.1. The summed E-state index contributed by atoms with van der Waals surface area (Å²) in [7, 11) is 0. The first-order valence-corrected chi connectivity index (χ1v) is 7.45. The second-order valence-corrected chi connectivity index (χ2v) is 4.90. The lowest BCUT2D eigenvalue weighted by Crippen LogP contribution is -2.44. The minimum Gasteiger partial charge on any atom is -0.449 e. The first-order valence-electron chi connectivity index (χ1n) is 7.45. The summed E-state index contributed by atoms with van der Waals surface area (Å²) in [6.45, 7) is 4.32. The Balaban J connectivity index is 2.34. The molecule has 0 saturated heterocycles. The van der Waals surface area contributed by atoms with Gasteiger partial charge in [-0.15, -0.1) is 0 Å². The highest BCUT2D eigenvalue weighted by Gasteiger charge is 2.35. The van der Waals surface area contributed by atoms with Gasteiger partial charge in [-0.2, -0.15) is 5.26 Å². The van der Waals surface area contributed by atoms with E-state index in [2.05, 4.69) is 6.07 Å². The molecule has 2 atom stereocenters. The quantitative estimate of drug-likeness (QED) is 0.855. The van der Waals surface area contributed by atoms with Gasteiger partial charge in [-0.25, -0.2) is 9.69 Å². The number of benzene rings is 1. The Hall–Kier alpha value is -2.32. The van der Waals surface area contributed by atoms with E-state index in [0.717, 1.165) is 5.56 Å². The third-order valence-corrected chi connectivity index (χ3v) is 3.53. The van der Waals surface area contributed by atoms with Gasteiger partial charge in [0, 0.05) is 18.9 Å². The number of rotatable bonds is 4. The summed E-state index contributed by atoms with van der Waals surface area (Å²) in [6.07, 6.45) is 1.37. The number of carbonyl (C=O) groups excluding carboxylic acids is 1. The fourth-order valence-corrected chi connectivity index (χ4v) is 2.58. The maximum Gasteiger partial charge on any atom is 0.416 e. The Morgan fingerprint density at radius 2 is 2.05 bits per heavy atom. The Kier molecular flexibility index (Phi) is 5.56. The predicted molar refractivity (Wildman–Crippen MR) is 81.8 cm³/mol. The van der Waals surface area contributed by atoms with Crippen molar-refractivity contribution in [3.05, 3.63) is 47.7 Å². The van der Waals surface area contributed by atoms with Crippen LogP contribution in [0.1, 0.15) is 31.7 Å². The van der Waals surface area contributed by atoms with Gasteiger partial charge in [-0.1, -0.05) is 30.3 Å². The first kappa shape index (κ1) is 16.1. The number of carbonyl (C=O) groups is 1. The lowest BCUT2D eigenvalue weighted by molar-refractivity contribution is -0.0430. The van der Waals surface area contributed by atoms with Crippen LogP contribution in [0.2, 0.25) is 0 Å². The minimum absolute atomic E-state index is 0.0399. The molecule has 1 aliphatic rings. The van der Waals surface area contributed by atoms with Crippen molar-refractivity contribution >= 4 is 6.09 Å². The maximum absolute atomic E-state index is 12.1. The predicted octanol–water partition coefficient (Wildman–Crippen LogP) is 3.40. The molecule has 0 saturated carbocycles. The average Bonchev–Trinajstić information content (AvgIpc) is 2.55. The highest BCUT2D eigenvalue weighted by atomic mass is 16.6. The first-order chi connectivity index (χ1) is 10.7. The second kappa shape index (κ2) is 7.62. The lowest BCUT2D eigenvalue weighted by atomic mass is 9.91. The molecule has 0 fully saturated rings. The molecular formula is C17H20N2O3. The van der Waals surface area contributed by atoms with E-state index < -0.39 is 12.3 Å².